The van der Waals surface area contributed by atoms with Crippen LogP contribution in [0, 0.1) is 5.92 Å². The molecule has 0 saturated carbocycles. The zero-order chi connectivity index (χ0) is 12.5. The van der Waals surface area contributed by atoms with Gasteiger partial charge in [-0.2, -0.15) is 13.2 Å². The van der Waals surface area contributed by atoms with Crippen molar-refractivity contribution in [2.24, 2.45) is 11.7 Å². The van der Waals surface area contributed by atoms with Crippen LogP contribution < -0.4 is 10.6 Å². The number of nitrogens with two attached hydrogens (primary N) is 1. The van der Waals surface area contributed by atoms with Crippen LogP contribution in [0.1, 0.15) is 17.8 Å². The van der Waals surface area contributed by atoms with E-state index >= 15 is 0 Å². The highest BCUT2D eigenvalue weighted by molar-refractivity contribution is 7.15. The molecular weight excluding hydrogens is 253 g/mol. The third-order valence-electron chi connectivity index (χ3n) is 2.78. The van der Waals surface area contributed by atoms with Gasteiger partial charge in [0.1, 0.15) is 0 Å². The molecule has 1 aliphatic heterocycles. The molecule has 1 fully saturated rings. The number of aromatic nitrogens is 2. The topological polar surface area (TPSA) is 55.0 Å². The molecule has 1 atom stereocenters. The number of nitrogens with zero attached hydrogens (tertiary/aromatic N) is 3. The summed E-state index contributed by atoms with van der Waals surface area (Å²) in [6.07, 6.45) is -2.44. The van der Waals surface area contributed by atoms with Gasteiger partial charge in [0, 0.05) is 13.1 Å². The summed E-state index contributed by atoms with van der Waals surface area (Å²) in [5.41, 5.74) is 5.58. The minimum absolute atomic E-state index is 0.335. The van der Waals surface area contributed by atoms with Crippen molar-refractivity contribution in [2.75, 3.05) is 24.5 Å². The summed E-state index contributed by atoms with van der Waals surface area (Å²) in [6.45, 7) is 1.95. The lowest BCUT2D eigenvalue weighted by Gasteiger charge is -2.31. The Labute approximate surface area is 101 Å². The zero-order valence-electron chi connectivity index (χ0n) is 9.07. The fourth-order valence-corrected chi connectivity index (χ4v) is 2.64. The van der Waals surface area contributed by atoms with Gasteiger partial charge in [-0.1, -0.05) is 11.3 Å². The minimum Gasteiger partial charge on any atom is -0.346 e. The molecule has 1 aromatic heterocycles. The van der Waals surface area contributed by atoms with E-state index in [-0.39, 0.29) is 0 Å². The molecule has 0 bridgehead atoms. The summed E-state index contributed by atoms with van der Waals surface area (Å²) in [5, 5.41) is 6.25. The summed E-state index contributed by atoms with van der Waals surface area (Å²) >= 11 is 0.597. The van der Waals surface area contributed by atoms with Crippen molar-refractivity contribution in [3.8, 4) is 0 Å². The number of halogens is 3. The van der Waals surface area contributed by atoms with Crippen LogP contribution in [0.5, 0.6) is 0 Å². The lowest BCUT2D eigenvalue weighted by atomic mass is 9.99. The first-order valence-corrected chi connectivity index (χ1v) is 6.18. The molecule has 0 amide bonds. The summed E-state index contributed by atoms with van der Waals surface area (Å²) in [6, 6.07) is 0. The maximum Gasteiger partial charge on any atom is 0.445 e. The van der Waals surface area contributed by atoms with Crippen molar-refractivity contribution in [3.05, 3.63) is 5.01 Å². The Morgan fingerprint density at radius 2 is 2.18 bits per heavy atom. The Morgan fingerprint density at radius 3 is 2.76 bits per heavy atom. The van der Waals surface area contributed by atoms with Gasteiger partial charge in [-0.15, -0.1) is 10.2 Å². The van der Waals surface area contributed by atoms with Crippen LogP contribution >= 0.6 is 11.3 Å². The molecule has 1 aliphatic rings. The molecular formula is C9H13F3N4S. The van der Waals surface area contributed by atoms with Gasteiger partial charge in [-0.3, -0.25) is 0 Å². The number of alkyl halides is 3. The molecule has 2 rings (SSSR count). The van der Waals surface area contributed by atoms with Crippen molar-refractivity contribution in [1.82, 2.24) is 10.2 Å². The Hall–Kier alpha value is -0.890. The van der Waals surface area contributed by atoms with E-state index in [4.69, 9.17) is 5.73 Å². The second-order valence-corrected chi connectivity index (χ2v) is 5.03. The van der Waals surface area contributed by atoms with E-state index in [0.717, 1.165) is 19.4 Å². The predicted octanol–water partition coefficient (Wildman–Crippen LogP) is 1.73. The molecule has 0 radical (unpaired) electrons. The number of anilines is 1. The van der Waals surface area contributed by atoms with E-state index < -0.39 is 11.2 Å². The molecule has 1 saturated heterocycles. The molecule has 0 spiro atoms. The van der Waals surface area contributed by atoms with Crippen LogP contribution in [-0.2, 0) is 6.18 Å². The average Bonchev–Trinajstić information content (AvgIpc) is 2.78. The van der Waals surface area contributed by atoms with Crippen molar-refractivity contribution < 1.29 is 13.2 Å². The first-order valence-electron chi connectivity index (χ1n) is 5.36. The number of piperidine rings is 1. The van der Waals surface area contributed by atoms with E-state index in [1.54, 1.807) is 0 Å². The lowest BCUT2D eigenvalue weighted by molar-refractivity contribution is -0.138. The minimum atomic E-state index is -4.40. The highest BCUT2D eigenvalue weighted by Crippen LogP contribution is 2.35. The molecule has 1 unspecified atom stereocenters. The highest BCUT2D eigenvalue weighted by Gasteiger charge is 2.36. The Kier molecular flexibility index (Phi) is 3.53. The fraction of sp³-hybridized carbons (Fsp3) is 0.778. The Morgan fingerprint density at radius 1 is 1.41 bits per heavy atom. The van der Waals surface area contributed by atoms with Crippen LogP contribution in [-0.4, -0.2) is 29.8 Å². The van der Waals surface area contributed by atoms with E-state index in [9.17, 15) is 13.2 Å². The van der Waals surface area contributed by atoms with Crippen LogP contribution in [0.2, 0.25) is 0 Å². The Balaban J connectivity index is 2.09. The van der Waals surface area contributed by atoms with Gasteiger partial charge >= 0.3 is 6.18 Å². The number of hydrogen-bond donors (Lipinski definition) is 1. The summed E-state index contributed by atoms with van der Waals surface area (Å²) in [7, 11) is 0. The van der Waals surface area contributed by atoms with Gasteiger partial charge in [-0.05, 0) is 25.3 Å². The molecule has 8 heteroatoms. The van der Waals surface area contributed by atoms with Gasteiger partial charge < -0.3 is 10.6 Å². The van der Waals surface area contributed by atoms with E-state index in [0.29, 0.717) is 35.5 Å². The van der Waals surface area contributed by atoms with Crippen LogP contribution in [0.3, 0.4) is 0 Å². The standard InChI is InChI=1S/C9H13F3N4S/c10-9(11,12)7-14-15-8(17-7)16-3-1-2-6(4-13)5-16/h6H,1-5,13H2. The largest absolute Gasteiger partial charge is 0.445 e. The first-order chi connectivity index (χ1) is 8.00. The van der Waals surface area contributed by atoms with Gasteiger partial charge in [-0.25, -0.2) is 0 Å². The van der Waals surface area contributed by atoms with Gasteiger partial charge in [0.05, 0.1) is 0 Å². The van der Waals surface area contributed by atoms with Gasteiger partial charge in [0.2, 0.25) is 10.1 Å². The average molecular weight is 266 g/mol. The highest BCUT2D eigenvalue weighted by atomic mass is 32.1. The molecule has 17 heavy (non-hydrogen) atoms. The van der Waals surface area contributed by atoms with Crippen molar-refractivity contribution in [2.45, 2.75) is 19.0 Å². The summed E-state index contributed by atoms with van der Waals surface area (Å²) in [4.78, 5) is 1.84. The summed E-state index contributed by atoms with van der Waals surface area (Å²) < 4.78 is 37.1. The molecule has 4 nitrogen and oxygen atoms in total. The van der Waals surface area contributed by atoms with E-state index in [1.807, 2.05) is 4.90 Å². The number of rotatable bonds is 2. The van der Waals surface area contributed by atoms with Crippen LogP contribution in [0.25, 0.3) is 0 Å². The predicted molar refractivity (Wildman–Crippen MR) is 58.9 cm³/mol. The quantitative estimate of drug-likeness (QED) is 0.885. The molecule has 0 aliphatic carbocycles. The second-order valence-electron chi connectivity index (χ2n) is 4.08. The zero-order valence-corrected chi connectivity index (χ0v) is 9.89. The van der Waals surface area contributed by atoms with Gasteiger partial charge in [0.15, 0.2) is 0 Å². The third-order valence-corrected chi connectivity index (χ3v) is 3.81. The fourth-order valence-electron chi connectivity index (χ4n) is 1.89. The summed E-state index contributed by atoms with van der Waals surface area (Å²) in [5.74, 6) is 0.335. The smallest absolute Gasteiger partial charge is 0.346 e. The first kappa shape index (κ1) is 12.6. The maximum absolute atomic E-state index is 12.4. The third kappa shape index (κ3) is 2.86. The second kappa shape index (κ2) is 4.77. The van der Waals surface area contributed by atoms with Gasteiger partial charge in [0.25, 0.3) is 0 Å². The van der Waals surface area contributed by atoms with Crippen molar-refractivity contribution in [1.29, 1.82) is 0 Å². The monoisotopic (exact) mass is 266 g/mol. The van der Waals surface area contributed by atoms with Crippen LogP contribution in [0.15, 0.2) is 0 Å². The van der Waals surface area contributed by atoms with Crippen molar-refractivity contribution in [3.63, 3.8) is 0 Å². The Bertz CT molecular complexity index is 379. The normalized spacial score (nSPS) is 21.9. The van der Waals surface area contributed by atoms with Crippen LogP contribution in [0.4, 0.5) is 18.3 Å². The molecule has 2 N–H and O–H groups in total. The molecule has 1 aromatic rings. The van der Waals surface area contributed by atoms with Crippen molar-refractivity contribution >= 4 is 16.5 Å². The van der Waals surface area contributed by atoms with E-state index in [1.165, 1.54) is 0 Å². The molecule has 0 aromatic carbocycles. The molecule has 2 heterocycles. The SMILES string of the molecule is NCC1CCCN(c2nnc(C(F)(F)F)s2)C1. The maximum atomic E-state index is 12.4. The number of hydrogen-bond acceptors (Lipinski definition) is 5. The molecule has 96 valence electrons. The van der Waals surface area contributed by atoms with E-state index in [2.05, 4.69) is 10.2 Å². The lowest BCUT2D eigenvalue weighted by Crippen LogP contribution is -2.38.